The maximum absolute atomic E-state index is 12.7. The minimum Gasteiger partial charge on any atom is -0.341 e. The zero-order valence-corrected chi connectivity index (χ0v) is 17.5. The number of hydrogen-bond donors (Lipinski definition) is 0. The Bertz CT molecular complexity index is 696. The Morgan fingerprint density at radius 1 is 1.08 bits per heavy atom. The minimum atomic E-state index is -3.59. The maximum Gasteiger partial charge on any atom is 0.246 e. The molecule has 0 spiro atoms. The molecule has 1 rings (SSSR count). The van der Waals surface area contributed by atoms with Crippen LogP contribution >= 0.6 is 0 Å². The summed E-state index contributed by atoms with van der Waals surface area (Å²) in [4.78, 5) is 14.8. The van der Waals surface area contributed by atoms with Gasteiger partial charge in [0, 0.05) is 27.2 Å². The third-order valence-electron chi connectivity index (χ3n) is 3.86. The molecule has 1 aromatic heterocycles. The zero-order chi connectivity index (χ0) is 19.5. The van der Waals surface area contributed by atoms with Crippen LogP contribution in [0.3, 0.4) is 0 Å². The Morgan fingerprint density at radius 2 is 1.56 bits per heavy atom. The molecule has 1 amide bonds. The van der Waals surface area contributed by atoms with Gasteiger partial charge in [-0.05, 0) is 25.7 Å². The summed E-state index contributed by atoms with van der Waals surface area (Å²) in [6, 6.07) is 0. The normalized spacial score (nSPS) is 12.4. The van der Waals surface area contributed by atoms with Crippen molar-refractivity contribution in [2.75, 3.05) is 27.2 Å². The molecule has 0 bridgehead atoms. The van der Waals surface area contributed by atoms with Gasteiger partial charge in [-0.3, -0.25) is 9.48 Å². The number of sulfonamides is 1. The molecular weight excluding hydrogens is 340 g/mol. The first kappa shape index (κ1) is 21.6. The van der Waals surface area contributed by atoms with Crippen molar-refractivity contribution in [3.63, 3.8) is 0 Å². The summed E-state index contributed by atoms with van der Waals surface area (Å²) in [5.74, 6) is 0.697. The van der Waals surface area contributed by atoms with E-state index in [0.29, 0.717) is 36.3 Å². The number of aryl methyl sites for hydroxylation is 1. The number of carbonyl (C=O) groups is 1. The standard InChI is InChI=1S/C17H32N4O3S/c1-12(2)9-20(10-13(3)4)16(22)11-21-15(6)17(14(5)18-21)25(23,24)19(7)8/h12-13H,9-11H2,1-8H3. The van der Waals surface area contributed by atoms with Crippen LogP contribution in [0.25, 0.3) is 0 Å². The molecule has 7 nitrogen and oxygen atoms in total. The molecule has 0 aromatic carbocycles. The molecule has 0 aliphatic rings. The summed E-state index contributed by atoms with van der Waals surface area (Å²) < 4.78 is 27.6. The smallest absolute Gasteiger partial charge is 0.246 e. The summed E-state index contributed by atoms with van der Waals surface area (Å²) in [7, 11) is -0.607. The first-order valence-electron chi connectivity index (χ1n) is 8.62. The van der Waals surface area contributed by atoms with Gasteiger partial charge in [-0.25, -0.2) is 12.7 Å². The van der Waals surface area contributed by atoms with Gasteiger partial charge in [0.05, 0.1) is 11.4 Å². The zero-order valence-electron chi connectivity index (χ0n) is 16.7. The molecule has 1 heterocycles. The van der Waals surface area contributed by atoms with Crippen molar-refractivity contribution in [3.8, 4) is 0 Å². The van der Waals surface area contributed by atoms with Crippen LogP contribution in [0.5, 0.6) is 0 Å². The number of rotatable bonds is 8. The summed E-state index contributed by atoms with van der Waals surface area (Å²) in [6.45, 7) is 13.1. The third kappa shape index (κ3) is 5.28. The van der Waals surface area contributed by atoms with E-state index in [4.69, 9.17) is 0 Å². The molecule has 144 valence electrons. The third-order valence-corrected chi connectivity index (χ3v) is 5.93. The lowest BCUT2D eigenvalue weighted by atomic mass is 10.1. The molecule has 0 unspecified atom stereocenters. The Balaban J connectivity index is 3.12. The van der Waals surface area contributed by atoms with Crippen molar-refractivity contribution in [3.05, 3.63) is 11.4 Å². The average Bonchev–Trinajstić information content (AvgIpc) is 2.71. The number of carbonyl (C=O) groups excluding carboxylic acids is 1. The number of nitrogens with zero attached hydrogens (tertiary/aromatic N) is 4. The summed E-state index contributed by atoms with van der Waals surface area (Å²) in [5, 5.41) is 4.30. The number of amides is 1. The molecule has 1 aromatic rings. The molecule has 0 fully saturated rings. The lowest BCUT2D eigenvalue weighted by molar-refractivity contribution is -0.133. The predicted octanol–water partition coefficient (Wildman–Crippen LogP) is 1.89. The Kier molecular flexibility index (Phi) is 7.19. The molecule has 0 atom stereocenters. The molecule has 0 saturated heterocycles. The van der Waals surface area contributed by atoms with Gasteiger partial charge in [0.15, 0.2) is 0 Å². The van der Waals surface area contributed by atoms with Gasteiger partial charge in [-0.2, -0.15) is 5.10 Å². The Hall–Kier alpha value is -1.41. The summed E-state index contributed by atoms with van der Waals surface area (Å²) in [5.41, 5.74) is 0.909. The molecule has 0 saturated carbocycles. The molecule has 0 N–H and O–H groups in total. The lowest BCUT2D eigenvalue weighted by Gasteiger charge is -2.26. The highest BCUT2D eigenvalue weighted by Gasteiger charge is 2.28. The van der Waals surface area contributed by atoms with Gasteiger partial charge in [0.1, 0.15) is 11.4 Å². The van der Waals surface area contributed by atoms with Crippen LogP contribution in [0.15, 0.2) is 4.90 Å². The van der Waals surface area contributed by atoms with Crippen LogP contribution in [0.2, 0.25) is 0 Å². The van der Waals surface area contributed by atoms with E-state index in [0.717, 1.165) is 0 Å². The molecule has 0 aliphatic heterocycles. The van der Waals surface area contributed by atoms with Crippen LogP contribution in [0, 0.1) is 25.7 Å². The van der Waals surface area contributed by atoms with Gasteiger partial charge in [0.25, 0.3) is 0 Å². The van der Waals surface area contributed by atoms with Crippen LogP contribution in [-0.2, 0) is 21.4 Å². The van der Waals surface area contributed by atoms with Crippen LogP contribution in [0.1, 0.15) is 39.1 Å². The second-order valence-corrected chi connectivity index (χ2v) is 9.62. The fourth-order valence-electron chi connectivity index (χ4n) is 2.78. The Morgan fingerprint density at radius 3 is 1.96 bits per heavy atom. The average molecular weight is 373 g/mol. The maximum atomic E-state index is 12.7. The first-order chi connectivity index (χ1) is 11.4. The fourth-order valence-corrected chi connectivity index (χ4v) is 4.04. The highest BCUT2D eigenvalue weighted by atomic mass is 32.2. The SMILES string of the molecule is Cc1nn(CC(=O)N(CC(C)C)CC(C)C)c(C)c1S(=O)(=O)N(C)C. The highest BCUT2D eigenvalue weighted by Crippen LogP contribution is 2.22. The monoisotopic (exact) mass is 372 g/mol. The molecule has 0 radical (unpaired) electrons. The summed E-state index contributed by atoms with van der Waals surface area (Å²) in [6.07, 6.45) is 0. The van der Waals surface area contributed by atoms with Gasteiger partial charge in [-0.15, -0.1) is 0 Å². The van der Waals surface area contributed by atoms with E-state index in [1.54, 1.807) is 13.8 Å². The van der Waals surface area contributed by atoms with E-state index in [-0.39, 0.29) is 17.3 Å². The van der Waals surface area contributed by atoms with Crippen molar-refractivity contribution >= 4 is 15.9 Å². The van der Waals surface area contributed by atoms with E-state index in [1.807, 2.05) is 4.90 Å². The lowest BCUT2D eigenvalue weighted by Crippen LogP contribution is -2.39. The van der Waals surface area contributed by atoms with E-state index >= 15 is 0 Å². The predicted molar refractivity (Wildman–Crippen MR) is 98.8 cm³/mol. The number of aromatic nitrogens is 2. The van der Waals surface area contributed by atoms with Gasteiger partial charge in [-0.1, -0.05) is 27.7 Å². The molecular formula is C17H32N4O3S. The number of hydrogen-bond acceptors (Lipinski definition) is 4. The van der Waals surface area contributed by atoms with Gasteiger partial charge >= 0.3 is 0 Å². The van der Waals surface area contributed by atoms with Crippen molar-refractivity contribution in [2.45, 2.75) is 53.0 Å². The van der Waals surface area contributed by atoms with Gasteiger partial charge in [0.2, 0.25) is 15.9 Å². The van der Waals surface area contributed by atoms with E-state index < -0.39 is 10.0 Å². The summed E-state index contributed by atoms with van der Waals surface area (Å²) >= 11 is 0. The van der Waals surface area contributed by atoms with Crippen molar-refractivity contribution < 1.29 is 13.2 Å². The van der Waals surface area contributed by atoms with Gasteiger partial charge < -0.3 is 4.90 Å². The van der Waals surface area contributed by atoms with E-state index in [2.05, 4.69) is 32.8 Å². The molecule has 8 heteroatoms. The van der Waals surface area contributed by atoms with E-state index in [1.165, 1.54) is 23.1 Å². The van der Waals surface area contributed by atoms with Crippen molar-refractivity contribution in [2.24, 2.45) is 11.8 Å². The van der Waals surface area contributed by atoms with Crippen molar-refractivity contribution in [1.82, 2.24) is 19.0 Å². The highest BCUT2D eigenvalue weighted by molar-refractivity contribution is 7.89. The van der Waals surface area contributed by atoms with Crippen molar-refractivity contribution in [1.29, 1.82) is 0 Å². The van der Waals surface area contributed by atoms with Crippen LogP contribution in [0.4, 0.5) is 0 Å². The second-order valence-electron chi connectivity index (χ2n) is 7.53. The quantitative estimate of drug-likeness (QED) is 0.698. The fraction of sp³-hybridized carbons (Fsp3) is 0.765. The molecule has 0 aliphatic carbocycles. The van der Waals surface area contributed by atoms with Crippen LogP contribution < -0.4 is 0 Å². The second kappa shape index (κ2) is 8.31. The minimum absolute atomic E-state index is 0.0400. The van der Waals surface area contributed by atoms with E-state index in [9.17, 15) is 13.2 Å². The Labute approximate surface area is 152 Å². The topological polar surface area (TPSA) is 75.5 Å². The first-order valence-corrected chi connectivity index (χ1v) is 10.1. The largest absolute Gasteiger partial charge is 0.341 e. The molecule has 25 heavy (non-hydrogen) atoms. The van der Waals surface area contributed by atoms with Crippen LogP contribution in [-0.4, -0.2) is 60.5 Å².